The molecule has 0 unspecified atom stereocenters. The van der Waals surface area contributed by atoms with E-state index in [1.165, 1.54) is 24.3 Å². The number of carbonyl (C=O) groups excluding carboxylic acids is 3. The molecule has 4 amide bonds. The molecule has 2 aliphatic heterocycles. The summed E-state index contributed by atoms with van der Waals surface area (Å²) in [6.07, 6.45) is -4.11. The highest BCUT2D eigenvalue weighted by atomic mass is 19.4. The molecule has 2 saturated heterocycles. The minimum atomic E-state index is -4.74. The number of nitrogens with one attached hydrogen (secondary N) is 2. The van der Waals surface area contributed by atoms with Gasteiger partial charge < -0.3 is 39.8 Å². The van der Waals surface area contributed by atoms with Gasteiger partial charge in [0.1, 0.15) is 17.8 Å². The van der Waals surface area contributed by atoms with Crippen LogP contribution in [0.3, 0.4) is 0 Å². The number of ether oxygens (including phenoxy) is 2. The van der Waals surface area contributed by atoms with E-state index in [1.54, 1.807) is 9.80 Å². The molecule has 0 atom stereocenters. The molecule has 0 bridgehead atoms. The molecule has 10 nitrogen and oxygen atoms in total. The Hall–Kier alpha value is -4.21. The van der Waals surface area contributed by atoms with Crippen LogP contribution >= 0.6 is 0 Å². The molecule has 0 spiro atoms. The first-order valence-corrected chi connectivity index (χ1v) is 14.6. The highest BCUT2D eigenvalue weighted by Crippen LogP contribution is 2.26. The first-order chi connectivity index (χ1) is 21.7. The zero-order valence-corrected chi connectivity index (χ0v) is 24.8. The van der Waals surface area contributed by atoms with E-state index in [-0.39, 0.29) is 30.2 Å². The third-order valence-corrected chi connectivity index (χ3v) is 7.45. The summed E-state index contributed by atoms with van der Waals surface area (Å²) in [5.74, 6) is 0.0729. The van der Waals surface area contributed by atoms with Crippen molar-refractivity contribution in [3.63, 3.8) is 0 Å². The SMILES string of the molecule is O=C(Nc1ccc(OC(F)(F)F)cc1)N1CCC(CCO)CC1.O=CCC1CCN(C(=O)Nc2ccc(OC(F)(F)F)cc2)CC1. The van der Waals surface area contributed by atoms with Crippen molar-refractivity contribution < 1.29 is 55.3 Å². The van der Waals surface area contributed by atoms with E-state index in [9.17, 15) is 40.7 Å². The monoisotopic (exact) mass is 662 g/mol. The van der Waals surface area contributed by atoms with E-state index in [0.29, 0.717) is 55.8 Å². The molecular weight excluding hydrogens is 626 g/mol. The number of aliphatic hydroxyl groups is 1. The smallest absolute Gasteiger partial charge is 0.406 e. The lowest BCUT2D eigenvalue weighted by atomic mass is 9.94. The molecule has 4 rings (SSSR count). The van der Waals surface area contributed by atoms with Crippen LogP contribution < -0.4 is 20.1 Å². The maximum absolute atomic E-state index is 12.1. The highest BCUT2D eigenvalue weighted by molar-refractivity contribution is 5.90. The number of alkyl halides is 6. The summed E-state index contributed by atoms with van der Waals surface area (Å²) in [7, 11) is 0. The van der Waals surface area contributed by atoms with Gasteiger partial charge in [0.15, 0.2) is 0 Å². The molecule has 0 aromatic heterocycles. The second-order valence-corrected chi connectivity index (χ2v) is 10.8. The van der Waals surface area contributed by atoms with Gasteiger partial charge in [0.05, 0.1) is 0 Å². The van der Waals surface area contributed by atoms with E-state index in [4.69, 9.17) is 5.11 Å². The number of amides is 4. The summed E-state index contributed by atoms with van der Waals surface area (Å²) in [5.41, 5.74) is 0.793. The quantitative estimate of drug-likeness (QED) is 0.216. The molecule has 0 saturated carbocycles. The summed E-state index contributed by atoms with van der Waals surface area (Å²) >= 11 is 0. The zero-order valence-electron chi connectivity index (χ0n) is 24.8. The van der Waals surface area contributed by atoms with Gasteiger partial charge in [0.2, 0.25) is 0 Å². The number of aliphatic hydroxyl groups excluding tert-OH is 1. The number of nitrogens with zero attached hydrogens (tertiary/aromatic N) is 2. The first kappa shape index (κ1) is 36.3. The second-order valence-electron chi connectivity index (χ2n) is 10.8. The van der Waals surface area contributed by atoms with E-state index in [1.807, 2.05) is 0 Å². The van der Waals surface area contributed by atoms with Crippen LogP contribution in [0.15, 0.2) is 48.5 Å². The largest absolute Gasteiger partial charge is 0.573 e. The summed E-state index contributed by atoms with van der Waals surface area (Å²) < 4.78 is 79.9. The fraction of sp³-hybridized carbons (Fsp3) is 0.500. The Bertz CT molecular complexity index is 1240. The number of rotatable bonds is 8. The summed E-state index contributed by atoms with van der Waals surface area (Å²) in [6.45, 7) is 2.47. The normalized spacial score (nSPS) is 16.2. The fourth-order valence-corrected chi connectivity index (χ4v) is 5.00. The van der Waals surface area contributed by atoms with E-state index in [0.717, 1.165) is 62.7 Å². The number of carbonyl (C=O) groups is 3. The van der Waals surface area contributed by atoms with Crippen LogP contribution in [0.1, 0.15) is 38.5 Å². The molecule has 16 heteroatoms. The van der Waals surface area contributed by atoms with Gasteiger partial charge in [0.25, 0.3) is 0 Å². The lowest BCUT2D eigenvalue weighted by molar-refractivity contribution is -0.275. The van der Waals surface area contributed by atoms with Gasteiger partial charge in [-0.05, 0) is 92.5 Å². The minimum absolute atomic E-state index is 0.156. The Morgan fingerprint density at radius 3 is 1.41 bits per heavy atom. The molecule has 2 aromatic carbocycles. The number of urea groups is 2. The van der Waals surface area contributed by atoms with Gasteiger partial charge in [0, 0.05) is 50.6 Å². The van der Waals surface area contributed by atoms with Crippen LogP contribution in [-0.2, 0) is 4.79 Å². The zero-order chi connectivity index (χ0) is 33.7. The second kappa shape index (κ2) is 16.9. The minimum Gasteiger partial charge on any atom is -0.406 e. The van der Waals surface area contributed by atoms with Crippen molar-refractivity contribution in [1.29, 1.82) is 0 Å². The molecule has 2 fully saturated rings. The van der Waals surface area contributed by atoms with Crippen LogP contribution in [-0.4, -0.2) is 78.8 Å². The first-order valence-electron chi connectivity index (χ1n) is 14.6. The molecule has 2 aliphatic rings. The predicted octanol–water partition coefficient (Wildman–Crippen LogP) is 6.63. The van der Waals surface area contributed by atoms with Crippen LogP contribution in [0, 0.1) is 11.8 Å². The highest BCUT2D eigenvalue weighted by Gasteiger charge is 2.32. The van der Waals surface area contributed by atoms with Gasteiger partial charge in [-0.3, -0.25) is 0 Å². The van der Waals surface area contributed by atoms with Gasteiger partial charge >= 0.3 is 24.8 Å². The molecule has 2 heterocycles. The molecular formula is C30H36F6N4O6. The number of anilines is 2. The summed E-state index contributed by atoms with van der Waals surface area (Å²) in [4.78, 5) is 37.9. The lowest BCUT2D eigenvalue weighted by Crippen LogP contribution is -2.41. The van der Waals surface area contributed by atoms with Gasteiger partial charge in [-0.2, -0.15) is 0 Å². The van der Waals surface area contributed by atoms with Crippen molar-refractivity contribution in [3.05, 3.63) is 48.5 Å². The maximum Gasteiger partial charge on any atom is 0.573 e. The molecule has 254 valence electrons. The Kier molecular flexibility index (Phi) is 13.3. The number of likely N-dealkylation sites (tertiary alicyclic amines) is 2. The van der Waals surface area contributed by atoms with Crippen molar-refractivity contribution in [2.24, 2.45) is 11.8 Å². The maximum atomic E-state index is 12.1. The van der Waals surface area contributed by atoms with Gasteiger partial charge in [-0.15, -0.1) is 26.3 Å². The van der Waals surface area contributed by atoms with E-state index < -0.39 is 12.7 Å². The molecule has 0 aliphatic carbocycles. The van der Waals surface area contributed by atoms with E-state index in [2.05, 4.69) is 20.1 Å². The average Bonchev–Trinajstić information content (AvgIpc) is 2.99. The van der Waals surface area contributed by atoms with Crippen molar-refractivity contribution in [2.45, 2.75) is 51.2 Å². The lowest BCUT2D eigenvalue weighted by Gasteiger charge is -2.31. The summed E-state index contributed by atoms with van der Waals surface area (Å²) in [6, 6.07) is 9.40. The topological polar surface area (TPSA) is 120 Å². The average molecular weight is 663 g/mol. The van der Waals surface area contributed by atoms with E-state index >= 15 is 0 Å². The Morgan fingerprint density at radius 1 is 0.717 bits per heavy atom. The Balaban J connectivity index is 0.000000250. The third-order valence-electron chi connectivity index (χ3n) is 7.45. The number of piperidine rings is 2. The molecule has 0 radical (unpaired) electrons. The number of benzene rings is 2. The van der Waals surface area contributed by atoms with Gasteiger partial charge in [-0.1, -0.05) is 0 Å². The number of halogens is 6. The van der Waals surface area contributed by atoms with Crippen LogP contribution in [0.4, 0.5) is 47.3 Å². The van der Waals surface area contributed by atoms with Crippen LogP contribution in [0.5, 0.6) is 11.5 Å². The number of aldehydes is 1. The summed E-state index contributed by atoms with van der Waals surface area (Å²) in [5, 5.41) is 14.2. The molecule has 2 aromatic rings. The fourth-order valence-electron chi connectivity index (χ4n) is 5.00. The number of hydrogen-bond donors (Lipinski definition) is 3. The third kappa shape index (κ3) is 13.0. The predicted molar refractivity (Wildman–Crippen MR) is 155 cm³/mol. The van der Waals surface area contributed by atoms with Crippen molar-refractivity contribution in [1.82, 2.24) is 9.80 Å². The Labute approximate surface area is 261 Å². The molecule has 46 heavy (non-hydrogen) atoms. The molecule has 3 N–H and O–H groups in total. The van der Waals surface area contributed by atoms with Crippen molar-refractivity contribution >= 4 is 29.7 Å². The van der Waals surface area contributed by atoms with Crippen molar-refractivity contribution in [3.8, 4) is 11.5 Å². The van der Waals surface area contributed by atoms with Crippen LogP contribution in [0.2, 0.25) is 0 Å². The van der Waals surface area contributed by atoms with Crippen LogP contribution in [0.25, 0.3) is 0 Å². The Morgan fingerprint density at radius 2 is 1.09 bits per heavy atom. The van der Waals surface area contributed by atoms with Crippen molar-refractivity contribution in [2.75, 3.05) is 43.4 Å². The number of hydrogen-bond acceptors (Lipinski definition) is 6. The standard InChI is InChI=1S/C15H19F3N2O3.C15H17F3N2O3/c2*16-15(17,18)23-13-3-1-12(2-4-13)19-14(22)20-8-5-11(6-9-20)7-10-21/h1-4,11,21H,5-10H2,(H,19,22);1-4,10-11H,5-9H2,(H,19,22). The van der Waals surface area contributed by atoms with Gasteiger partial charge in [-0.25, -0.2) is 9.59 Å².